The van der Waals surface area contributed by atoms with Crippen molar-refractivity contribution in [3.8, 4) is 5.88 Å². The van der Waals surface area contributed by atoms with Gasteiger partial charge in [-0.2, -0.15) is 0 Å². The smallest absolute Gasteiger partial charge is 0.270 e. The number of pyridine rings is 1. The van der Waals surface area contributed by atoms with Gasteiger partial charge in [0.15, 0.2) is 0 Å². The molecule has 2 aliphatic carbocycles. The van der Waals surface area contributed by atoms with Crippen LogP contribution in [0.5, 0.6) is 5.88 Å². The van der Waals surface area contributed by atoms with Gasteiger partial charge in [0, 0.05) is 37.4 Å². The van der Waals surface area contributed by atoms with Gasteiger partial charge in [0.25, 0.3) is 5.91 Å². The largest absolute Gasteiger partial charge is 0.480 e. The SMILES string of the molecule is COc1nc(C2(NC(=O)c3cc(C4CC4)c(CNC(CO)CO)cn3)C=CC=C(c3ccccc3Cl)C2Cl)cnc1CN1CC(F)C1. The molecule has 0 spiro atoms. The summed E-state index contributed by atoms with van der Waals surface area (Å²) in [7, 11) is 1.49. The highest BCUT2D eigenvalue weighted by molar-refractivity contribution is 6.34. The van der Waals surface area contributed by atoms with Gasteiger partial charge in [-0.05, 0) is 53.2 Å². The lowest BCUT2D eigenvalue weighted by Gasteiger charge is -2.39. The third-order valence-electron chi connectivity index (χ3n) is 8.82. The van der Waals surface area contributed by atoms with Crippen molar-refractivity contribution in [1.29, 1.82) is 0 Å². The van der Waals surface area contributed by atoms with Crippen molar-refractivity contribution in [2.24, 2.45) is 0 Å². The predicted octanol–water partition coefficient (Wildman–Crippen LogP) is 3.89. The van der Waals surface area contributed by atoms with Crippen molar-refractivity contribution >= 4 is 34.7 Å². The van der Waals surface area contributed by atoms with Crippen molar-refractivity contribution in [2.45, 2.75) is 55.0 Å². The molecule has 4 N–H and O–H groups in total. The first-order chi connectivity index (χ1) is 22.8. The summed E-state index contributed by atoms with van der Waals surface area (Å²) in [5, 5.41) is 24.9. The average Bonchev–Trinajstić information content (AvgIpc) is 3.92. The van der Waals surface area contributed by atoms with E-state index in [4.69, 9.17) is 32.9 Å². The number of allylic oxidation sites excluding steroid dienone is 2. The minimum atomic E-state index is -1.39. The van der Waals surface area contributed by atoms with Gasteiger partial charge in [-0.1, -0.05) is 48.0 Å². The van der Waals surface area contributed by atoms with Gasteiger partial charge in [0.2, 0.25) is 5.88 Å². The van der Waals surface area contributed by atoms with Gasteiger partial charge in [0.1, 0.15) is 23.1 Å². The first-order valence-corrected chi connectivity index (χ1v) is 16.4. The number of methoxy groups -OCH3 is 1. The third kappa shape index (κ3) is 7.06. The third-order valence-corrected chi connectivity index (χ3v) is 9.73. The van der Waals surface area contributed by atoms with E-state index < -0.39 is 29.0 Å². The fraction of sp³-hybridized carbons (Fsp3) is 0.412. The molecule has 1 saturated heterocycles. The van der Waals surface area contributed by atoms with Crippen LogP contribution in [0.2, 0.25) is 5.02 Å². The number of amides is 1. The van der Waals surface area contributed by atoms with E-state index in [1.54, 1.807) is 36.7 Å². The topological polar surface area (TPSA) is 133 Å². The molecular weight excluding hydrogens is 646 g/mol. The second-order valence-corrected chi connectivity index (χ2v) is 13.0. The van der Waals surface area contributed by atoms with E-state index in [1.807, 2.05) is 29.2 Å². The average molecular weight is 684 g/mol. The van der Waals surface area contributed by atoms with Crippen LogP contribution in [-0.2, 0) is 18.6 Å². The maximum Gasteiger partial charge on any atom is 0.270 e. The van der Waals surface area contributed by atoms with E-state index in [1.165, 1.54) is 7.11 Å². The monoisotopic (exact) mass is 682 g/mol. The predicted molar refractivity (Wildman–Crippen MR) is 177 cm³/mol. The molecule has 3 aromatic rings. The molecule has 2 unspecified atom stereocenters. The lowest BCUT2D eigenvalue weighted by atomic mass is 9.80. The van der Waals surface area contributed by atoms with Crippen molar-refractivity contribution in [3.05, 3.63) is 99.7 Å². The first-order valence-electron chi connectivity index (χ1n) is 15.6. The Hall–Kier alpha value is -3.45. The number of alkyl halides is 2. The zero-order valence-corrected chi connectivity index (χ0v) is 27.4. The van der Waals surface area contributed by atoms with Crippen LogP contribution in [0.1, 0.15) is 57.3 Å². The highest BCUT2D eigenvalue weighted by Gasteiger charge is 2.45. The number of hydrogen-bond acceptors (Lipinski definition) is 9. The Kier molecular flexibility index (Phi) is 10.2. The van der Waals surface area contributed by atoms with E-state index in [0.29, 0.717) is 59.6 Å². The maximum absolute atomic E-state index is 14.1. The van der Waals surface area contributed by atoms with Crippen LogP contribution < -0.4 is 15.4 Å². The number of aliphatic hydroxyl groups excluding tert-OH is 2. The summed E-state index contributed by atoms with van der Waals surface area (Å²) < 4.78 is 19.1. The molecule has 3 heterocycles. The molecule has 248 valence electrons. The molecule has 10 nitrogen and oxygen atoms in total. The number of carbonyl (C=O) groups excluding carboxylic acids is 1. The quantitative estimate of drug-likeness (QED) is 0.198. The Labute approximate surface area is 282 Å². The van der Waals surface area contributed by atoms with Crippen LogP contribution in [0, 0.1) is 0 Å². The zero-order valence-electron chi connectivity index (χ0n) is 25.9. The summed E-state index contributed by atoms with van der Waals surface area (Å²) in [6.45, 7) is 0.994. The fourth-order valence-electron chi connectivity index (χ4n) is 5.98. The lowest BCUT2D eigenvalue weighted by Crippen LogP contribution is -2.53. The standard InChI is InChI=1S/C34H37Cl2FN6O4/c1-47-33-29(17-43-15-22(37)16-43)40-14-30(41-33)34(10-4-6-25(31(34)36)24-5-2-3-7-27(24)35)42-32(46)28-11-26(20-8-9-20)21(13-39-28)12-38-23(18-44)19-45/h2-7,10-11,13-14,20,22-23,31,38,44-45H,8-9,12,15-19H2,1H3,(H,42,46). The molecule has 2 fully saturated rings. The molecule has 0 bridgehead atoms. The van der Waals surface area contributed by atoms with Crippen LogP contribution >= 0.6 is 23.2 Å². The molecule has 1 aliphatic heterocycles. The number of hydrogen-bond donors (Lipinski definition) is 4. The lowest BCUT2D eigenvalue weighted by molar-refractivity contribution is 0.0571. The van der Waals surface area contributed by atoms with Gasteiger partial charge in [-0.15, -0.1) is 11.6 Å². The van der Waals surface area contributed by atoms with Gasteiger partial charge in [-0.25, -0.2) is 9.37 Å². The van der Waals surface area contributed by atoms with E-state index >= 15 is 0 Å². The van der Waals surface area contributed by atoms with Crippen molar-refractivity contribution in [2.75, 3.05) is 33.4 Å². The van der Waals surface area contributed by atoms with Crippen molar-refractivity contribution in [1.82, 2.24) is 30.5 Å². The summed E-state index contributed by atoms with van der Waals surface area (Å²) in [5.41, 5.74) is 2.98. The van der Waals surface area contributed by atoms with Crippen LogP contribution in [0.3, 0.4) is 0 Å². The van der Waals surface area contributed by atoms with Crippen molar-refractivity contribution < 1.29 is 24.1 Å². The van der Waals surface area contributed by atoms with Gasteiger partial charge < -0.3 is 25.6 Å². The van der Waals surface area contributed by atoms with E-state index in [2.05, 4.69) is 20.6 Å². The first kappa shape index (κ1) is 33.5. The number of benzene rings is 1. The molecule has 6 rings (SSSR count). The molecule has 1 amide bonds. The number of nitrogens with one attached hydrogen (secondary N) is 2. The molecular formula is C34H37Cl2FN6O4. The highest BCUT2D eigenvalue weighted by Crippen LogP contribution is 2.44. The van der Waals surface area contributed by atoms with E-state index in [9.17, 15) is 19.4 Å². The number of carbonyl (C=O) groups is 1. The maximum atomic E-state index is 14.1. The van der Waals surface area contributed by atoms with Crippen LogP contribution in [0.4, 0.5) is 4.39 Å². The zero-order chi connectivity index (χ0) is 33.1. The number of aromatic nitrogens is 3. The van der Waals surface area contributed by atoms with E-state index in [0.717, 1.165) is 24.0 Å². The van der Waals surface area contributed by atoms with Gasteiger partial charge in [0.05, 0.1) is 43.6 Å². The Morgan fingerprint density at radius 2 is 1.96 bits per heavy atom. The Morgan fingerprint density at radius 1 is 1.19 bits per heavy atom. The highest BCUT2D eigenvalue weighted by atomic mass is 35.5. The van der Waals surface area contributed by atoms with Gasteiger partial charge in [-0.3, -0.25) is 19.7 Å². The number of rotatable bonds is 13. The van der Waals surface area contributed by atoms with Crippen LogP contribution in [0.15, 0.2) is 61.0 Å². The molecule has 47 heavy (non-hydrogen) atoms. The minimum Gasteiger partial charge on any atom is -0.480 e. The van der Waals surface area contributed by atoms with Crippen LogP contribution in [-0.4, -0.2) is 87.0 Å². The van der Waals surface area contributed by atoms with Crippen LogP contribution in [0.25, 0.3) is 5.57 Å². The summed E-state index contributed by atoms with van der Waals surface area (Å²) in [4.78, 5) is 30.0. The molecule has 0 radical (unpaired) electrons. The number of halogens is 3. The fourth-order valence-corrected chi connectivity index (χ4v) is 6.65. The molecule has 2 aromatic heterocycles. The Morgan fingerprint density at radius 3 is 2.64 bits per heavy atom. The van der Waals surface area contributed by atoms with E-state index in [-0.39, 0.29) is 24.8 Å². The number of ether oxygens (including phenoxy) is 1. The number of aliphatic hydroxyl groups is 2. The Bertz CT molecular complexity index is 1680. The normalized spacial score (nSPS) is 21.4. The second kappa shape index (κ2) is 14.3. The molecule has 3 aliphatic rings. The minimum absolute atomic E-state index is 0.200. The summed E-state index contributed by atoms with van der Waals surface area (Å²) >= 11 is 13.9. The summed E-state index contributed by atoms with van der Waals surface area (Å²) in [6, 6.07) is 8.68. The molecule has 1 saturated carbocycles. The number of nitrogens with zero attached hydrogens (tertiary/aromatic N) is 4. The molecule has 13 heteroatoms. The molecule has 1 aromatic carbocycles. The summed E-state index contributed by atoms with van der Waals surface area (Å²) in [6.07, 6.45) is 9.80. The van der Waals surface area contributed by atoms with Gasteiger partial charge >= 0.3 is 0 Å². The Balaban J connectivity index is 1.35. The summed E-state index contributed by atoms with van der Waals surface area (Å²) in [5.74, 6) is 0.0774. The molecule has 2 atom stereocenters. The number of likely N-dealkylation sites (tertiary alicyclic amines) is 1. The second-order valence-electron chi connectivity index (χ2n) is 12.1. The van der Waals surface area contributed by atoms with Crippen molar-refractivity contribution in [3.63, 3.8) is 0 Å².